The predicted molar refractivity (Wildman–Crippen MR) is 89.6 cm³/mol. The lowest BCUT2D eigenvalue weighted by atomic mass is 10.1. The number of imidazole rings is 1. The standard InChI is InChI=1S/C17H21N3OS/c1-13-5-6-15(14(2)11-13)20-10-7-18-17(20)22-12-16(21)19-8-3-4-9-19/h5-7,10-11H,3-4,8-9,12H2,1-2H3. The molecule has 22 heavy (non-hydrogen) atoms. The summed E-state index contributed by atoms with van der Waals surface area (Å²) in [5.41, 5.74) is 3.59. The van der Waals surface area contributed by atoms with Gasteiger partial charge in [0.2, 0.25) is 5.91 Å². The number of carbonyl (C=O) groups excluding carboxylic acids is 1. The molecule has 1 fully saturated rings. The SMILES string of the molecule is Cc1ccc(-n2ccnc2SCC(=O)N2CCCC2)c(C)c1. The van der Waals surface area contributed by atoms with E-state index in [0.717, 1.165) is 36.8 Å². The quantitative estimate of drug-likeness (QED) is 0.813. The number of carbonyl (C=O) groups is 1. The maximum absolute atomic E-state index is 12.2. The van der Waals surface area contributed by atoms with Crippen molar-refractivity contribution >= 4 is 17.7 Å². The summed E-state index contributed by atoms with van der Waals surface area (Å²) >= 11 is 1.52. The van der Waals surface area contributed by atoms with E-state index in [1.54, 1.807) is 6.20 Å². The third-order valence-corrected chi connectivity index (χ3v) is 4.95. The average molecular weight is 315 g/mol. The Morgan fingerprint density at radius 1 is 1.27 bits per heavy atom. The monoisotopic (exact) mass is 315 g/mol. The highest BCUT2D eigenvalue weighted by Crippen LogP contribution is 2.24. The highest BCUT2D eigenvalue weighted by Gasteiger charge is 2.19. The minimum atomic E-state index is 0.220. The van der Waals surface area contributed by atoms with Gasteiger partial charge in [0.1, 0.15) is 0 Å². The summed E-state index contributed by atoms with van der Waals surface area (Å²) in [6, 6.07) is 6.38. The number of nitrogens with zero attached hydrogens (tertiary/aromatic N) is 3. The first-order valence-electron chi connectivity index (χ1n) is 7.67. The number of benzene rings is 1. The first kappa shape index (κ1) is 15.2. The minimum Gasteiger partial charge on any atom is -0.342 e. The van der Waals surface area contributed by atoms with Crippen LogP contribution in [0.1, 0.15) is 24.0 Å². The first-order chi connectivity index (χ1) is 10.6. The molecule has 1 aromatic carbocycles. The van der Waals surface area contributed by atoms with Gasteiger partial charge in [-0.15, -0.1) is 0 Å². The summed E-state index contributed by atoms with van der Waals surface area (Å²) in [5.74, 6) is 0.680. The Labute approximate surface area is 135 Å². The zero-order valence-electron chi connectivity index (χ0n) is 13.1. The summed E-state index contributed by atoms with van der Waals surface area (Å²) < 4.78 is 2.07. The highest BCUT2D eigenvalue weighted by molar-refractivity contribution is 7.99. The molecule has 1 aliphatic rings. The Hall–Kier alpha value is -1.75. The van der Waals surface area contributed by atoms with Crippen LogP contribution in [0.5, 0.6) is 0 Å². The normalized spacial score (nSPS) is 14.5. The first-order valence-corrected chi connectivity index (χ1v) is 8.65. The molecule has 1 saturated heterocycles. The number of likely N-dealkylation sites (tertiary alicyclic amines) is 1. The molecule has 2 aromatic rings. The summed E-state index contributed by atoms with van der Waals surface area (Å²) in [6.07, 6.45) is 6.02. The number of hydrogen-bond acceptors (Lipinski definition) is 3. The third kappa shape index (κ3) is 3.19. The molecule has 0 radical (unpaired) electrons. The van der Waals surface area contributed by atoms with Gasteiger partial charge >= 0.3 is 0 Å². The molecule has 0 unspecified atom stereocenters. The summed E-state index contributed by atoms with van der Waals surface area (Å²) in [6.45, 7) is 6.01. The molecule has 1 amide bonds. The van der Waals surface area contributed by atoms with Crippen molar-refractivity contribution in [3.63, 3.8) is 0 Å². The summed E-state index contributed by atoms with van der Waals surface area (Å²) in [5, 5.41) is 0.875. The molecule has 0 N–H and O–H groups in total. The fourth-order valence-electron chi connectivity index (χ4n) is 2.84. The summed E-state index contributed by atoms with van der Waals surface area (Å²) in [4.78, 5) is 18.5. The van der Waals surface area contributed by atoms with Crippen molar-refractivity contribution in [1.82, 2.24) is 14.5 Å². The van der Waals surface area contributed by atoms with Crippen LogP contribution in [0.15, 0.2) is 35.7 Å². The Morgan fingerprint density at radius 3 is 2.77 bits per heavy atom. The van der Waals surface area contributed by atoms with Gasteiger partial charge in [0, 0.05) is 25.5 Å². The van der Waals surface area contributed by atoms with Crippen LogP contribution in [0.3, 0.4) is 0 Å². The zero-order valence-corrected chi connectivity index (χ0v) is 13.9. The van der Waals surface area contributed by atoms with Crippen LogP contribution in [-0.4, -0.2) is 39.2 Å². The van der Waals surface area contributed by atoms with Gasteiger partial charge in [-0.05, 0) is 38.3 Å². The van der Waals surface area contributed by atoms with E-state index in [-0.39, 0.29) is 5.91 Å². The number of amides is 1. The molecule has 3 rings (SSSR count). The molecule has 0 aliphatic carbocycles. The maximum Gasteiger partial charge on any atom is 0.233 e. The van der Waals surface area contributed by atoms with Gasteiger partial charge in [-0.1, -0.05) is 29.5 Å². The van der Waals surface area contributed by atoms with Crippen molar-refractivity contribution in [2.24, 2.45) is 0 Å². The van der Waals surface area contributed by atoms with Gasteiger partial charge in [0.15, 0.2) is 5.16 Å². The van der Waals surface area contributed by atoms with Crippen LogP contribution in [0, 0.1) is 13.8 Å². The molecule has 0 spiro atoms. The zero-order chi connectivity index (χ0) is 15.5. The fraction of sp³-hybridized carbons (Fsp3) is 0.412. The van der Waals surface area contributed by atoms with E-state index in [1.165, 1.54) is 22.9 Å². The van der Waals surface area contributed by atoms with E-state index < -0.39 is 0 Å². The molecular weight excluding hydrogens is 294 g/mol. The van der Waals surface area contributed by atoms with Gasteiger partial charge < -0.3 is 4.90 Å². The number of aryl methyl sites for hydroxylation is 2. The van der Waals surface area contributed by atoms with E-state index in [1.807, 2.05) is 11.1 Å². The van der Waals surface area contributed by atoms with E-state index >= 15 is 0 Å². The van der Waals surface area contributed by atoms with Crippen molar-refractivity contribution in [3.05, 3.63) is 41.7 Å². The molecule has 2 heterocycles. The van der Waals surface area contributed by atoms with Crippen LogP contribution in [0.4, 0.5) is 0 Å². The van der Waals surface area contributed by atoms with E-state index in [9.17, 15) is 4.79 Å². The second kappa shape index (κ2) is 6.57. The average Bonchev–Trinajstić information content (AvgIpc) is 3.16. The lowest BCUT2D eigenvalue weighted by Crippen LogP contribution is -2.29. The lowest BCUT2D eigenvalue weighted by Gasteiger charge is -2.15. The number of hydrogen-bond donors (Lipinski definition) is 0. The van der Waals surface area contributed by atoms with Crippen molar-refractivity contribution in [2.45, 2.75) is 31.8 Å². The number of aromatic nitrogens is 2. The van der Waals surface area contributed by atoms with Gasteiger partial charge in [0.05, 0.1) is 11.4 Å². The number of thioether (sulfide) groups is 1. The van der Waals surface area contributed by atoms with Crippen LogP contribution in [-0.2, 0) is 4.79 Å². The molecule has 1 aromatic heterocycles. The molecule has 0 saturated carbocycles. The highest BCUT2D eigenvalue weighted by atomic mass is 32.2. The van der Waals surface area contributed by atoms with E-state index in [2.05, 4.69) is 41.6 Å². The molecule has 4 nitrogen and oxygen atoms in total. The van der Waals surface area contributed by atoms with Gasteiger partial charge in [0.25, 0.3) is 0 Å². The van der Waals surface area contributed by atoms with Crippen molar-refractivity contribution in [1.29, 1.82) is 0 Å². The molecule has 1 aliphatic heterocycles. The van der Waals surface area contributed by atoms with Crippen LogP contribution in [0.2, 0.25) is 0 Å². The Bertz CT molecular complexity index is 674. The predicted octanol–water partition coefficient (Wildman–Crippen LogP) is 3.20. The largest absolute Gasteiger partial charge is 0.342 e. The van der Waals surface area contributed by atoms with Gasteiger partial charge in [-0.2, -0.15) is 0 Å². The van der Waals surface area contributed by atoms with Crippen molar-refractivity contribution < 1.29 is 4.79 Å². The second-order valence-electron chi connectivity index (χ2n) is 5.75. The van der Waals surface area contributed by atoms with E-state index in [4.69, 9.17) is 0 Å². The smallest absolute Gasteiger partial charge is 0.233 e. The second-order valence-corrected chi connectivity index (χ2v) is 6.69. The van der Waals surface area contributed by atoms with Crippen LogP contribution >= 0.6 is 11.8 Å². The fourth-order valence-corrected chi connectivity index (χ4v) is 3.71. The van der Waals surface area contributed by atoms with Gasteiger partial charge in [-0.25, -0.2) is 4.98 Å². The molecular formula is C17H21N3OS. The van der Waals surface area contributed by atoms with E-state index in [0.29, 0.717) is 5.75 Å². The third-order valence-electron chi connectivity index (χ3n) is 4.00. The molecule has 5 heteroatoms. The van der Waals surface area contributed by atoms with Gasteiger partial charge in [-0.3, -0.25) is 9.36 Å². The Morgan fingerprint density at radius 2 is 2.05 bits per heavy atom. The molecule has 0 atom stereocenters. The lowest BCUT2D eigenvalue weighted by molar-refractivity contribution is -0.127. The van der Waals surface area contributed by atoms with Crippen LogP contribution in [0.25, 0.3) is 5.69 Å². The molecule has 0 bridgehead atoms. The van der Waals surface area contributed by atoms with Crippen molar-refractivity contribution in [3.8, 4) is 5.69 Å². The topological polar surface area (TPSA) is 38.1 Å². The maximum atomic E-state index is 12.2. The Balaban J connectivity index is 1.73. The number of rotatable bonds is 4. The molecule has 116 valence electrons. The summed E-state index contributed by atoms with van der Waals surface area (Å²) in [7, 11) is 0. The van der Waals surface area contributed by atoms with Crippen LogP contribution < -0.4 is 0 Å². The minimum absolute atomic E-state index is 0.220. The Kier molecular flexibility index (Phi) is 4.52. The van der Waals surface area contributed by atoms with Crippen molar-refractivity contribution in [2.75, 3.05) is 18.8 Å².